The van der Waals surface area contributed by atoms with E-state index >= 15 is 0 Å². The van der Waals surface area contributed by atoms with Crippen molar-refractivity contribution in [3.8, 4) is 0 Å². The third-order valence-electron chi connectivity index (χ3n) is 5.10. The molecule has 4 nitrogen and oxygen atoms in total. The van der Waals surface area contributed by atoms with Gasteiger partial charge in [0, 0.05) is 19.1 Å². The van der Waals surface area contributed by atoms with Gasteiger partial charge in [-0.1, -0.05) is 0 Å². The van der Waals surface area contributed by atoms with Gasteiger partial charge in [0.05, 0.1) is 6.54 Å². The number of hydrogen-bond donors (Lipinski definition) is 1. The molecular formula is C15H28ClN3O. The number of nitrogens with zero attached hydrogens (tertiary/aromatic N) is 2. The fourth-order valence-corrected chi connectivity index (χ4v) is 3.70. The first-order valence-electron chi connectivity index (χ1n) is 7.93. The fourth-order valence-electron chi connectivity index (χ4n) is 3.70. The van der Waals surface area contributed by atoms with E-state index in [1.165, 1.54) is 32.2 Å². The lowest BCUT2D eigenvalue weighted by Gasteiger charge is -2.46. The molecule has 2 saturated heterocycles. The number of carbonyl (C=O) groups is 1. The first-order valence-corrected chi connectivity index (χ1v) is 7.93. The molecule has 3 aliphatic rings. The number of rotatable bonds is 4. The fraction of sp³-hybridized carbons (Fsp3) is 0.933. The summed E-state index contributed by atoms with van der Waals surface area (Å²) in [6.07, 6.45) is 6.45. The molecule has 3 rings (SSSR count). The van der Waals surface area contributed by atoms with Crippen molar-refractivity contribution in [2.24, 2.45) is 11.8 Å². The molecule has 2 unspecified atom stereocenters. The van der Waals surface area contributed by atoms with Gasteiger partial charge in [-0.15, -0.1) is 12.4 Å². The van der Waals surface area contributed by atoms with Crippen LogP contribution in [0.15, 0.2) is 0 Å². The molecule has 1 amide bonds. The zero-order valence-corrected chi connectivity index (χ0v) is 13.3. The smallest absolute Gasteiger partial charge is 0.236 e. The third-order valence-corrected chi connectivity index (χ3v) is 5.10. The minimum atomic E-state index is 0. The molecule has 1 saturated carbocycles. The van der Waals surface area contributed by atoms with E-state index < -0.39 is 0 Å². The Morgan fingerprint density at radius 2 is 2.00 bits per heavy atom. The number of amides is 1. The van der Waals surface area contributed by atoms with E-state index in [1.54, 1.807) is 0 Å². The molecule has 1 N–H and O–H groups in total. The van der Waals surface area contributed by atoms with Crippen LogP contribution < -0.4 is 5.32 Å². The number of fused-ring (bicyclic) bond motifs is 1. The van der Waals surface area contributed by atoms with Crippen molar-refractivity contribution in [3.63, 3.8) is 0 Å². The lowest BCUT2D eigenvalue weighted by atomic mass is 9.84. The Balaban J connectivity index is 0.00000147. The summed E-state index contributed by atoms with van der Waals surface area (Å²) in [5.74, 6) is 1.87. The minimum Gasteiger partial charge on any atom is -0.341 e. The molecule has 0 aromatic heterocycles. The summed E-state index contributed by atoms with van der Waals surface area (Å²) in [5.41, 5.74) is 0. The highest BCUT2D eigenvalue weighted by atomic mass is 35.5. The minimum absolute atomic E-state index is 0. The van der Waals surface area contributed by atoms with E-state index in [0.29, 0.717) is 18.4 Å². The number of piperidine rings is 2. The Morgan fingerprint density at radius 3 is 2.75 bits per heavy atom. The Kier molecular flexibility index (Phi) is 5.70. The number of halogens is 1. The van der Waals surface area contributed by atoms with Crippen molar-refractivity contribution in [1.29, 1.82) is 0 Å². The summed E-state index contributed by atoms with van der Waals surface area (Å²) in [6.45, 7) is 4.75. The van der Waals surface area contributed by atoms with E-state index in [-0.39, 0.29) is 12.4 Å². The molecule has 0 aromatic rings. The Labute approximate surface area is 128 Å². The maximum absolute atomic E-state index is 12.2. The number of likely N-dealkylation sites (tertiary alicyclic amines) is 2. The second-order valence-corrected chi connectivity index (χ2v) is 6.65. The summed E-state index contributed by atoms with van der Waals surface area (Å²) in [7, 11) is 2.24. The van der Waals surface area contributed by atoms with Gasteiger partial charge in [-0.05, 0) is 64.1 Å². The Morgan fingerprint density at radius 1 is 1.20 bits per heavy atom. The molecule has 5 heteroatoms. The molecule has 116 valence electrons. The summed E-state index contributed by atoms with van der Waals surface area (Å²) >= 11 is 0. The van der Waals surface area contributed by atoms with E-state index in [9.17, 15) is 4.79 Å². The van der Waals surface area contributed by atoms with Crippen LogP contribution in [0, 0.1) is 11.8 Å². The molecular weight excluding hydrogens is 274 g/mol. The first-order chi connectivity index (χ1) is 9.24. The molecule has 0 radical (unpaired) electrons. The highest BCUT2D eigenvalue weighted by Gasteiger charge is 2.35. The number of hydrogen-bond acceptors (Lipinski definition) is 3. The van der Waals surface area contributed by atoms with Crippen LogP contribution >= 0.6 is 12.4 Å². The van der Waals surface area contributed by atoms with Gasteiger partial charge in [-0.25, -0.2) is 0 Å². The topological polar surface area (TPSA) is 35.6 Å². The molecule has 0 aromatic carbocycles. The monoisotopic (exact) mass is 301 g/mol. The SMILES string of the molecule is CN1CCCC2CN(C(=O)CNCC3CC3)CCC21.Cl. The van der Waals surface area contributed by atoms with Crippen LogP contribution in [0.4, 0.5) is 0 Å². The zero-order valence-electron chi connectivity index (χ0n) is 12.5. The van der Waals surface area contributed by atoms with Gasteiger partial charge in [0.2, 0.25) is 5.91 Å². The zero-order chi connectivity index (χ0) is 13.2. The first kappa shape index (κ1) is 16.1. The van der Waals surface area contributed by atoms with Gasteiger partial charge in [-0.3, -0.25) is 4.79 Å². The van der Waals surface area contributed by atoms with E-state index in [0.717, 1.165) is 38.0 Å². The van der Waals surface area contributed by atoms with Crippen molar-refractivity contribution in [3.05, 3.63) is 0 Å². The molecule has 0 bridgehead atoms. The van der Waals surface area contributed by atoms with Crippen LogP contribution in [0.5, 0.6) is 0 Å². The van der Waals surface area contributed by atoms with Crippen molar-refractivity contribution >= 4 is 18.3 Å². The summed E-state index contributed by atoms with van der Waals surface area (Å²) in [6, 6.07) is 0.720. The lowest BCUT2D eigenvalue weighted by molar-refractivity contribution is -0.133. The normalized spacial score (nSPS) is 30.6. The molecule has 3 fully saturated rings. The van der Waals surface area contributed by atoms with Crippen LogP contribution in [0.25, 0.3) is 0 Å². The predicted octanol–water partition coefficient (Wildman–Crippen LogP) is 1.35. The summed E-state index contributed by atoms with van der Waals surface area (Å²) in [5, 5.41) is 3.32. The highest BCUT2D eigenvalue weighted by molar-refractivity contribution is 5.85. The molecule has 20 heavy (non-hydrogen) atoms. The Bertz CT molecular complexity index is 335. The van der Waals surface area contributed by atoms with Gasteiger partial charge < -0.3 is 15.1 Å². The van der Waals surface area contributed by atoms with Gasteiger partial charge in [0.15, 0.2) is 0 Å². The van der Waals surface area contributed by atoms with Gasteiger partial charge in [0.25, 0.3) is 0 Å². The second kappa shape index (κ2) is 7.10. The van der Waals surface area contributed by atoms with Crippen molar-refractivity contribution in [2.75, 3.05) is 39.8 Å². The predicted molar refractivity (Wildman–Crippen MR) is 83.2 cm³/mol. The lowest BCUT2D eigenvalue weighted by Crippen LogP contribution is -2.55. The van der Waals surface area contributed by atoms with E-state index in [4.69, 9.17) is 0 Å². The maximum atomic E-state index is 12.2. The van der Waals surface area contributed by atoms with Gasteiger partial charge >= 0.3 is 0 Å². The van der Waals surface area contributed by atoms with Crippen LogP contribution in [0.2, 0.25) is 0 Å². The quantitative estimate of drug-likeness (QED) is 0.851. The number of carbonyl (C=O) groups excluding carboxylic acids is 1. The maximum Gasteiger partial charge on any atom is 0.236 e. The largest absolute Gasteiger partial charge is 0.341 e. The van der Waals surface area contributed by atoms with Gasteiger partial charge in [0.1, 0.15) is 0 Å². The van der Waals surface area contributed by atoms with E-state index in [2.05, 4.69) is 22.2 Å². The Hall–Kier alpha value is -0.320. The standard InChI is InChI=1S/C15H27N3O.ClH/c1-17-7-2-3-13-11-18(8-6-14(13)17)15(19)10-16-9-12-4-5-12;/h12-14,16H,2-11H2,1H3;1H. The summed E-state index contributed by atoms with van der Waals surface area (Å²) < 4.78 is 0. The van der Waals surface area contributed by atoms with Gasteiger partial charge in [-0.2, -0.15) is 0 Å². The highest BCUT2D eigenvalue weighted by Crippen LogP contribution is 2.29. The van der Waals surface area contributed by atoms with Crippen molar-refractivity contribution in [2.45, 2.75) is 38.1 Å². The average Bonchev–Trinajstić information content (AvgIpc) is 3.23. The molecule has 1 aliphatic carbocycles. The average molecular weight is 302 g/mol. The van der Waals surface area contributed by atoms with Crippen molar-refractivity contribution < 1.29 is 4.79 Å². The molecule has 2 aliphatic heterocycles. The molecule has 2 heterocycles. The van der Waals surface area contributed by atoms with Crippen LogP contribution in [-0.4, -0.2) is 61.5 Å². The number of nitrogens with one attached hydrogen (secondary N) is 1. The van der Waals surface area contributed by atoms with Crippen molar-refractivity contribution in [1.82, 2.24) is 15.1 Å². The molecule has 0 spiro atoms. The van der Waals surface area contributed by atoms with Crippen LogP contribution in [0.1, 0.15) is 32.1 Å². The van der Waals surface area contributed by atoms with Crippen LogP contribution in [-0.2, 0) is 4.79 Å². The third kappa shape index (κ3) is 3.86. The summed E-state index contributed by atoms with van der Waals surface area (Å²) in [4.78, 5) is 16.8. The van der Waals surface area contributed by atoms with Crippen LogP contribution in [0.3, 0.4) is 0 Å². The van der Waals surface area contributed by atoms with E-state index in [1.807, 2.05) is 0 Å². The molecule has 2 atom stereocenters. The second-order valence-electron chi connectivity index (χ2n) is 6.65.